The summed E-state index contributed by atoms with van der Waals surface area (Å²) < 4.78 is 5.06. The predicted octanol–water partition coefficient (Wildman–Crippen LogP) is 12.3. The summed E-state index contributed by atoms with van der Waals surface area (Å²) in [6.45, 7) is 0. The van der Waals surface area contributed by atoms with E-state index in [9.17, 15) is 0 Å². The normalized spacial score (nSPS) is 14.4. The van der Waals surface area contributed by atoms with Crippen LogP contribution in [0.4, 0.5) is 0 Å². The van der Waals surface area contributed by atoms with Gasteiger partial charge in [0.2, 0.25) is 0 Å². The molecule has 0 saturated carbocycles. The van der Waals surface area contributed by atoms with Crippen LogP contribution in [0.3, 0.4) is 0 Å². The van der Waals surface area contributed by atoms with Gasteiger partial charge in [0.25, 0.3) is 0 Å². The average Bonchev–Trinajstić information content (AvgIpc) is 4.00. The summed E-state index contributed by atoms with van der Waals surface area (Å²) in [4.78, 5) is 0. The SMILES string of the molecule is c1ccc2c(c1)-c1ccccc1C21c2cc3c4cccc5c6ccccc6n(c3cc2-c2cc3c(cc21)c1cccc2c6ccccc6n3c21)c54. The first-order chi connectivity index (χ1) is 25.3. The first kappa shape index (κ1) is 25.3. The molecule has 0 amide bonds. The maximum atomic E-state index is 2.57. The Morgan fingerprint density at radius 3 is 1.16 bits per heavy atom. The van der Waals surface area contributed by atoms with E-state index in [1.165, 1.54) is 121 Å². The fraction of sp³-hybridized carbons (Fsp3) is 0.0204. The van der Waals surface area contributed by atoms with Crippen molar-refractivity contribution in [1.82, 2.24) is 8.80 Å². The molecule has 0 radical (unpaired) electrons. The van der Waals surface area contributed by atoms with Crippen molar-refractivity contribution in [2.24, 2.45) is 0 Å². The third-order valence-electron chi connectivity index (χ3n) is 12.8. The Bertz CT molecular complexity index is 3300. The fourth-order valence-electron chi connectivity index (χ4n) is 11.0. The zero-order valence-corrected chi connectivity index (χ0v) is 27.4. The smallest absolute Gasteiger partial charge is 0.0726 e. The van der Waals surface area contributed by atoms with Crippen molar-refractivity contribution in [3.63, 3.8) is 0 Å². The standard InChI is InChI=1S/C49H26N2/c1-5-19-39-27(11-1)28-12-2-6-20-40(28)49(39)41-23-37-33-17-9-15-31-29-13-3-7-21-43(29)50(47(31)33)45(37)25-35(41)36-26-46-38(24-42(36)49)34-18-10-16-32-30-14-4-8-22-44(30)51(46)48(32)34/h1-26H. The van der Waals surface area contributed by atoms with E-state index in [1.807, 2.05) is 0 Å². The lowest BCUT2D eigenvalue weighted by molar-refractivity contribution is 0.796. The molecule has 1 spiro atoms. The van der Waals surface area contributed by atoms with E-state index in [2.05, 4.69) is 167 Å². The minimum atomic E-state index is -0.428. The van der Waals surface area contributed by atoms with Gasteiger partial charge in [0.05, 0.1) is 38.5 Å². The summed E-state index contributed by atoms with van der Waals surface area (Å²) >= 11 is 0. The summed E-state index contributed by atoms with van der Waals surface area (Å²) in [5, 5.41) is 10.6. The first-order valence-electron chi connectivity index (χ1n) is 17.9. The number of para-hydroxylation sites is 4. The lowest BCUT2D eigenvalue weighted by Gasteiger charge is -2.30. The molecule has 12 aromatic rings. The molecule has 0 unspecified atom stereocenters. The van der Waals surface area contributed by atoms with Crippen LogP contribution < -0.4 is 0 Å². The monoisotopic (exact) mass is 642 g/mol. The number of fused-ring (bicyclic) bond motifs is 22. The van der Waals surface area contributed by atoms with Crippen molar-refractivity contribution in [3.8, 4) is 22.3 Å². The average molecular weight is 643 g/mol. The van der Waals surface area contributed by atoms with Gasteiger partial charge in [-0.3, -0.25) is 0 Å². The lowest BCUT2D eigenvalue weighted by Crippen LogP contribution is -2.25. The van der Waals surface area contributed by atoms with Crippen molar-refractivity contribution < 1.29 is 0 Å². The van der Waals surface area contributed by atoms with Gasteiger partial charge in [-0.2, -0.15) is 0 Å². The van der Waals surface area contributed by atoms with Gasteiger partial charge in [0.1, 0.15) is 0 Å². The van der Waals surface area contributed by atoms with E-state index >= 15 is 0 Å². The van der Waals surface area contributed by atoms with Gasteiger partial charge in [0.15, 0.2) is 0 Å². The summed E-state index contributed by atoms with van der Waals surface area (Å²) in [6, 6.07) is 60.1. The highest BCUT2D eigenvalue weighted by Gasteiger charge is 2.52. The molecular weight excluding hydrogens is 617 g/mol. The maximum absolute atomic E-state index is 2.57. The van der Waals surface area contributed by atoms with Crippen LogP contribution in [0.5, 0.6) is 0 Å². The van der Waals surface area contributed by atoms with E-state index in [4.69, 9.17) is 0 Å². The molecule has 0 fully saturated rings. The second kappa shape index (κ2) is 8.21. The van der Waals surface area contributed by atoms with Crippen LogP contribution in [0, 0.1) is 0 Å². The molecule has 2 heteroatoms. The number of hydrogen-bond donors (Lipinski definition) is 0. The minimum absolute atomic E-state index is 0.428. The van der Waals surface area contributed by atoms with E-state index in [0.29, 0.717) is 0 Å². The second-order valence-electron chi connectivity index (χ2n) is 14.8. The molecule has 2 nitrogen and oxygen atoms in total. The van der Waals surface area contributed by atoms with Crippen LogP contribution in [0.15, 0.2) is 158 Å². The number of benzene rings is 8. The molecule has 14 rings (SSSR count). The third-order valence-corrected chi connectivity index (χ3v) is 12.8. The summed E-state index contributed by atoms with van der Waals surface area (Å²) in [6.07, 6.45) is 0. The maximum Gasteiger partial charge on any atom is 0.0726 e. The van der Waals surface area contributed by atoms with Crippen LogP contribution in [0.2, 0.25) is 0 Å². The zero-order chi connectivity index (χ0) is 32.7. The number of hydrogen-bond acceptors (Lipinski definition) is 0. The molecule has 51 heavy (non-hydrogen) atoms. The summed E-state index contributed by atoms with van der Waals surface area (Å²) in [5.41, 5.74) is 18.2. The number of nitrogens with zero attached hydrogens (tertiary/aromatic N) is 2. The van der Waals surface area contributed by atoms with Crippen molar-refractivity contribution >= 4 is 76.2 Å². The highest BCUT2D eigenvalue weighted by molar-refractivity contribution is 6.26. The van der Waals surface area contributed by atoms with Crippen LogP contribution in [0.1, 0.15) is 22.3 Å². The summed E-state index contributed by atoms with van der Waals surface area (Å²) in [7, 11) is 0. The molecule has 0 bridgehead atoms. The van der Waals surface area contributed by atoms with Gasteiger partial charge >= 0.3 is 0 Å². The van der Waals surface area contributed by atoms with Crippen LogP contribution >= 0.6 is 0 Å². The topological polar surface area (TPSA) is 8.82 Å². The van der Waals surface area contributed by atoms with Gasteiger partial charge in [-0.25, -0.2) is 0 Å². The zero-order valence-electron chi connectivity index (χ0n) is 27.4. The molecule has 0 N–H and O–H groups in total. The first-order valence-corrected chi connectivity index (χ1v) is 17.9. The van der Waals surface area contributed by atoms with Crippen molar-refractivity contribution in [2.45, 2.75) is 5.41 Å². The molecule has 0 saturated heterocycles. The van der Waals surface area contributed by atoms with E-state index in [0.717, 1.165) is 0 Å². The molecule has 2 aliphatic carbocycles. The molecule has 4 heterocycles. The highest BCUT2D eigenvalue weighted by atomic mass is 14.9. The Hall–Kier alpha value is -6.64. The molecule has 4 aromatic heterocycles. The molecule has 8 aromatic carbocycles. The Morgan fingerprint density at radius 1 is 0.275 bits per heavy atom. The van der Waals surface area contributed by atoms with Gasteiger partial charge in [0, 0.05) is 43.1 Å². The number of aromatic nitrogens is 2. The van der Waals surface area contributed by atoms with E-state index in [1.54, 1.807) is 0 Å². The van der Waals surface area contributed by atoms with Crippen molar-refractivity contribution in [3.05, 3.63) is 180 Å². The van der Waals surface area contributed by atoms with Crippen molar-refractivity contribution in [2.75, 3.05) is 0 Å². The second-order valence-corrected chi connectivity index (χ2v) is 14.8. The largest absolute Gasteiger partial charge is 0.308 e. The predicted molar refractivity (Wildman–Crippen MR) is 212 cm³/mol. The lowest BCUT2D eigenvalue weighted by atomic mass is 9.70. The number of rotatable bonds is 0. The molecule has 232 valence electrons. The molecular formula is C49H26N2. The van der Waals surface area contributed by atoms with Crippen molar-refractivity contribution in [1.29, 1.82) is 0 Å². The summed E-state index contributed by atoms with van der Waals surface area (Å²) in [5.74, 6) is 0. The van der Waals surface area contributed by atoms with Gasteiger partial charge in [-0.1, -0.05) is 121 Å². The van der Waals surface area contributed by atoms with Crippen LogP contribution in [0.25, 0.3) is 98.4 Å². The van der Waals surface area contributed by atoms with E-state index in [-0.39, 0.29) is 0 Å². The van der Waals surface area contributed by atoms with Gasteiger partial charge in [-0.05, 0) is 80.9 Å². The highest BCUT2D eigenvalue weighted by Crippen LogP contribution is 2.64. The van der Waals surface area contributed by atoms with Gasteiger partial charge < -0.3 is 8.80 Å². The Morgan fingerprint density at radius 2 is 0.667 bits per heavy atom. The Kier molecular flexibility index (Phi) is 4.08. The Balaban J connectivity index is 1.23. The van der Waals surface area contributed by atoms with Crippen LogP contribution in [-0.2, 0) is 5.41 Å². The van der Waals surface area contributed by atoms with E-state index < -0.39 is 5.41 Å². The quantitative estimate of drug-likeness (QED) is 0.156. The van der Waals surface area contributed by atoms with Gasteiger partial charge in [-0.15, -0.1) is 0 Å². The third kappa shape index (κ3) is 2.59. The molecule has 0 atom stereocenters. The molecule has 0 aliphatic heterocycles. The minimum Gasteiger partial charge on any atom is -0.308 e. The van der Waals surface area contributed by atoms with Crippen LogP contribution in [-0.4, -0.2) is 8.80 Å². The molecule has 2 aliphatic rings. The fourth-order valence-corrected chi connectivity index (χ4v) is 11.0. The Labute approximate surface area is 291 Å².